The van der Waals surface area contributed by atoms with Crippen molar-refractivity contribution in [2.75, 3.05) is 26.3 Å². The topological polar surface area (TPSA) is 62.7 Å². The Morgan fingerprint density at radius 3 is 2.72 bits per heavy atom. The molecule has 1 amide bonds. The van der Waals surface area contributed by atoms with E-state index in [1.165, 1.54) is 4.88 Å². The van der Waals surface area contributed by atoms with Crippen molar-refractivity contribution in [3.8, 4) is 10.6 Å². The Balaban J connectivity index is 1.40. The van der Waals surface area contributed by atoms with Gasteiger partial charge in [0.1, 0.15) is 5.01 Å². The Hall–Kier alpha value is -1.76. The van der Waals surface area contributed by atoms with Gasteiger partial charge in [0.25, 0.3) is 0 Å². The fraction of sp³-hybridized carbons (Fsp3) is 0.615. The van der Waals surface area contributed by atoms with E-state index in [0.29, 0.717) is 26.3 Å². The summed E-state index contributed by atoms with van der Waals surface area (Å²) in [5.41, 5.74) is 2.36. The van der Waals surface area contributed by atoms with Gasteiger partial charge in [-0.1, -0.05) is 51.1 Å². The smallest absolute Gasteiger partial charge is 0.225 e. The van der Waals surface area contributed by atoms with Gasteiger partial charge in [-0.3, -0.25) is 4.79 Å². The number of hydrogen-bond donors (Lipinski definition) is 1. The summed E-state index contributed by atoms with van der Waals surface area (Å²) < 4.78 is 5.41. The fourth-order valence-corrected chi connectivity index (χ4v) is 7.87. The average molecular weight is 455 g/mol. The molecule has 1 N–H and O–H groups in total. The number of carbonyl (C=O) groups is 1. The highest BCUT2D eigenvalue weighted by molar-refractivity contribution is 7.15. The van der Waals surface area contributed by atoms with Gasteiger partial charge >= 0.3 is 0 Å². The van der Waals surface area contributed by atoms with Crippen LogP contribution < -0.4 is 0 Å². The molecule has 32 heavy (non-hydrogen) atoms. The normalized spacial score (nSPS) is 33.3. The maximum atomic E-state index is 13.2. The first-order valence-electron chi connectivity index (χ1n) is 12.0. The molecule has 2 aliphatic carbocycles. The molecular formula is C26H34N2O3S. The molecule has 2 aromatic rings. The van der Waals surface area contributed by atoms with E-state index in [1.807, 2.05) is 29.2 Å². The molecule has 5 rings (SSSR count). The van der Waals surface area contributed by atoms with Crippen molar-refractivity contribution < 1.29 is 14.6 Å². The third-order valence-corrected chi connectivity index (χ3v) is 9.42. The van der Waals surface area contributed by atoms with Gasteiger partial charge in [0.15, 0.2) is 0 Å². The Kier molecular flexibility index (Phi) is 5.89. The number of morpholine rings is 1. The largest absolute Gasteiger partial charge is 0.392 e. The lowest BCUT2D eigenvalue weighted by molar-refractivity contribution is -0.148. The van der Waals surface area contributed by atoms with Crippen LogP contribution in [0.3, 0.4) is 0 Å². The maximum Gasteiger partial charge on any atom is 0.225 e. The molecule has 0 spiro atoms. The van der Waals surface area contributed by atoms with E-state index in [9.17, 15) is 9.90 Å². The maximum absolute atomic E-state index is 13.2. The van der Waals surface area contributed by atoms with E-state index in [4.69, 9.17) is 9.72 Å². The number of hydrogen-bond acceptors (Lipinski definition) is 5. The lowest BCUT2D eigenvalue weighted by Gasteiger charge is -2.53. The standard InChI is InChI=1S/C26H34N2O3S/c1-16(25(30)28-11-13-31-14-12-28)19-9-10-26(3)15-20-22(17(2)21(26)23(19)29)27-24(32-20)18-7-5-4-6-8-18/h4-8,16-17,19,21,23,29H,9-15H2,1-3H3/t16-,17-,19-,21+,23-,26-/m0/s1. The average Bonchev–Trinajstić information content (AvgIpc) is 3.23. The summed E-state index contributed by atoms with van der Waals surface area (Å²) in [5, 5.41) is 12.7. The van der Waals surface area contributed by atoms with Crippen molar-refractivity contribution in [1.29, 1.82) is 0 Å². The zero-order valence-corrected chi connectivity index (χ0v) is 20.1. The molecule has 1 aliphatic heterocycles. The van der Waals surface area contributed by atoms with Gasteiger partial charge in [0.2, 0.25) is 5.91 Å². The van der Waals surface area contributed by atoms with Gasteiger partial charge in [0, 0.05) is 35.4 Å². The Bertz CT molecular complexity index is 971. The van der Waals surface area contributed by atoms with Crippen molar-refractivity contribution in [1.82, 2.24) is 9.88 Å². The van der Waals surface area contributed by atoms with Gasteiger partial charge in [-0.2, -0.15) is 0 Å². The number of aliphatic hydroxyl groups excluding tert-OH is 1. The minimum Gasteiger partial charge on any atom is -0.392 e. The second kappa shape index (κ2) is 8.54. The van der Waals surface area contributed by atoms with Gasteiger partial charge in [0.05, 0.1) is 25.0 Å². The number of rotatable bonds is 3. The highest BCUT2D eigenvalue weighted by Gasteiger charge is 2.54. The molecule has 6 heteroatoms. The first kappa shape index (κ1) is 22.1. The molecule has 0 bridgehead atoms. The van der Waals surface area contributed by atoms with Crippen molar-refractivity contribution in [2.24, 2.45) is 23.2 Å². The van der Waals surface area contributed by atoms with Crippen LogP contribution >= 0.6 is 11.3 Å². The van der Waals surface area contributed by atoms with Gasteiger partial charge < -0.3 is 14.7 Å². The molecule has 2 fully saturated rings. The number of thiazole rings is 1. The van der Waals surface area contributed by atoms with E-state index < -0.39 is 6.10 Å². The number of aliphatic hydroxyl groups is 1. The fourth-order valence-electron chi connectivity index (χ4n) is 6.51. The van der Waals surface area contributed by atoms with Crippen LogP contribution in [0.25, 0.3) is 10.6 Å². The van der Waals surface area contributed by atoms with Crippen LogP contribution in [0.15, 0.2) is 30.3 Å². The first-order valence-corrected chi connectivity index (χ1v) is 12.8. The SMILES string of the molecule is C[C@H](C(=O)N1CCOCC1)[C@@H]1CC[C@@]2(C)Cc3sc(-c4ccccc4)nc3[C@@H](C)[C@@H]2[C@H]1O. The number of carbonyl (C=O) groups excluding carboxylic acids is 1. The Labute approximate surface area is 194 Å². The van der Waals surface area contributed by atoms with Gasteiger partial charge in [-0.05, 0) is 36.5 Å². The lowest BCUT2D eigenvalue weighted by atomic mass is 9.53. The number of benzene rings is 1. The molecule has 0 unspecified atom stereocenters. The van der Waals surface area contributed by atoms with Crippen LogP contribution in [-0.4, -0.2) is 53.3 Å². The van der Waals surface area contributed by atoms with Crippen LogP contribution in [0.2, 0.25) is 0 Å². The van der Waals surface area contributed by atoms with E-state index in [2.05, 4.69) is 38.1 Å². The summed E-state index contributed by atoms with van der Waals surface area (Å²) in [6, 6.07) is 10.4. The minimum absolute atomic E-state index is 0.000325. The summed E-state index contributed by atoms with van der Waals surface area (Å²) in [5.74, 6) is 0.307. The predicted octanol–water partition coefficient (Wildman–Crippen LogP) is 4.36. The number of ether oxygens (including phenoxy) is 1. The molecule has 6 atom stereocenters. The second-order valence-electron chi connectivity index (χ2n) is 10.3. The van der Waals surface area contributed by atoms with E-state index >= 15 is 0 Å². The summed E-state index contributed by atoms with van der Waals surface area (Å²) >= 11 is 1.81. The monoisotopic (exact) mass is 454 g/mol. The van der Waals surface area contributed by atoms with Crippen molar-refractivity contribution in [3.63, 3.8) is 0 Å². The summed E-state index contributed by atoms with van der Waals surface area (Å²) in [6.07, 6.45) is 2.43. The summed E-state index contributed by atoms with van der Waals surface area (Å²) in [4.78, 5) is 21.5. The number of amides is 1. The Morgan fingerprint density at radius 2 is 2.00 bits per heavy atom. The molecule has 2 heterocycles. The van der Waals surface area contributed by atoms with Crippen LogP contribution in [0.5, 0.6) is 0 Å². The molecular weight excluding hydrogens is 420 g/mol. The zero-order valence-electron chi connectivity index (χ0n) is 19.3. The molecule has 1 aromatic heterocycles. The van der Waals surface area contributed by atoms with Gasteiger partial charge in [-0.25, -0.2) is 4.98 Å². The predicted molar refractivity (Wildman–Crippen MR) is 127 cm³/mol. The zero-order chi connectivity index (χ0) is 22.5. The van der Waals surface area contributed by atoms with E-state index in [1.54, 1.807) is 0 Å². The number of nitrogens with zero attached hydrogens (tertiary/aromatic N) is 2. The van der Waals surface area contributed by atoms with Crippen molar-refractivity contribution in [3.05, 3.63) is 40.9 Å². The summed E-state index contributed by atoms with van der Waals surface area (Å²) in [6.45, 7) is 9.13. The van der Waals surface area contributed by atoms with Crippen molar-refractivity contribution >= 4 is 17.2 Å². The van der Waals surface area contributed by atoms with E-state index in [-0.39, 0.29) is 35.0 Å². The van der Waals surface area contributed by atoms with Crippen LogP contribution in [0.1, 0.15) is 50.1 Å². The molecule has 172 valence electrons. The minimum atomic E-state index is -0.487. The third-order valence-electron chi connectivity index (χ3n) is 8.30. The van der Waals surface area contributed by atoms with Gasteiger partial charge in [-0.15, -0.1) is 11.3 Å². The van der Waals surface area contributed by atoms with Crippen LogP contribution in [0.4, 0.5) is 0 Å². The molecule has 3 aliphatic rings. The highest BCUT2D eigenvalue weighted by atomic mass is 32.1. The molecule has 1 saturated heterocycles. The third kappa shape index (κ3) is 3.70. The molecule has 1 saturated carbocycles. The highest BCUT2D eigenvalue weighted by Crippen LogP contribution is 2.57. The Morgan fingerprint density at radius 1 is 1.28 bits per heavy atom. The molecule has 1 aromatic carbocycles. The number of aromatic nitrogens is 1. The quantitative estimate of drug-likeness (QED) is 0.749. The van der Waals surface area contributed by atoms with Crippen molar-refractivity contribution in [2.45, 2.75) is 52.1 Å². The van der Waals surface area contributed by atoms with E-state index in [0.717, 1.165) is 35.5 Å². The summed E-state index contributed by atoms with van der Waals surface area (Å²) in [7, 11) is 0. The molecule has 0 radical (unpaired) electrons. The lowest BCUT2D eigenvalue weighted by Crippen LogP contribution is -2.54. The van der Waals surface area contributed by atoms with Crippen LogP contribution in [-0.2, 0) is 16.0 Å². The first-order chi connectivity index (χ1) is 15.4. The molecule has 5 nitrogen and oxygen atoms in total. The second-order valence-corrected chi connectivity index (χ2v) is 11.3. The van der Waals surface area contributed by atoms with Crippen LogP contribution in [0, 0.1) is 23.2 Å². The number of fused-ring (bicyclic) bond motifs is 2.